The number of nitrogens with zero attached hydrogens (tertiary/aromatic N) is 2. The molecule has 4 heteroatoms. The average molecular weight is 287 g/mol. The lowest BCUT2D eigenvalue weighted by Crippen LogP contribution is -1.98. The number of phenolic OH excluding ortho intramolecular Hbond substituents is 1. The predicted octanol–water partition coefficient (Wildman–Crippen LogP) is 4.39. The fourth-order valence-electron chi connectivity index (χ4n) is 2.49. The van der Waals surface area contributed by atoms with Crippen LogP contribution >= 0.6 is 11.6 Å². The third-order valence-electron chi connectivity index (χ3n) is 3.51. The van der Waals surface area contributed by atoms with Crippen LogP contribution in [0.1, 0.15) is 12.5 Å². The number of rotatable bonds is 2. The molecular formula is C16H15ClN2O. The summed E-state index contributed by atoms with van der Waals surface area (Å²) in [4.78, 5) is 4.64. The lowest BCUT2D eigenvalue weighted by molar-refractivity contribution is 0.472. The van der Waals surface area contributed by atoms with Crippen LogP contribution in [0.3, 0.4) is 0 Å². The van der Waals surface area contributed by atoms with Gasteiger partial charge in [-0.2, -0.15) is 0 Å². The van der Waals surface area contributed by atoms with E-state index in [1.165, 1.54) is 0 Å². The fourth-order valence-corrected chi connectivity index (χ4v) is 2.77. The van der Waals surface area contributed by atoms with Crippen LogP contribution in [0, 0.1) is 6.92 Å². The number of aryl methyl sites for hydroxylation is 2. The summed E-state index contributed by atoms with van der Waals surface area (Å²) in [5.41, 5.74) is 3.32. The number of aromatic nitrogens is 2. The molecule has 0 bridgehead atoms. The largest absolute Gasteiger partial charge is 0.507 e. The van der Waals surface area contributed by atoms with Crippen LogP contribution in [0.15, 0.2) is 36.4 Å². The van der Waals surface area contributed by atoms with Crippen LogP contribution in [0.5, 0.6) is 5.75 Å². The molecule has 0 fully saturated rings. The summed E-state index contributed by atoms with van der Waals surface area (Å²) >= 11 is 6.29. The fraction of sp³-hybridized carbons (Fsp3) is 0.188. The normalized spacial score (nSPS) is 11.2. The summed E-state index contributed by atoms with van der Waals surface area (Å²) in [6, 6.07) is 11.4. The second-order valence-electron chi connectivity index (χ2n) is 4.76. The van der Waals surface area contributed by atoms with Crippen molar-refractivity contribution < 1.29 is 5.11 Å². The van der Waals surface area contributed by atoms with E-state index in [1.54, 1.807) is 0 Å². The van der Waals surface area contributed by atoms with Gasteiger partial charge in [0.2, 0.25) is 0 Å². The molecule has 0 aliphatic rings. The van der Waals surface area contributed by atoms with Gasteiger partial charge >= 0.3 is 0 Å². The highest BCUT2D eigenvalue weighted by atomic mass is 35.5. The van der Waals surface area contributed by atoms with Crippen molar-refractivity contribution in [1.29, 1.82) is 0 Å². The first-order valence-corrected chi connectivity index (χ1v) is 6.95. The average Bonchev–Trinajstić information content (AvgIpc) is 2.81. The summed E-state index contributed by atoms with van der Waals surface area (Å²) in [7, 11) is 0. The van der Waals surface area contributed by atoms with E-state index in [0.29, 0.717) is 5.02 Å². The first kappa shape index (κ1) is 13.0. The Morgan fingerprint density at radius 2 is 1.95 bits per heavy atom. The maximum absolute atomic E-state index is 10.3. The van der Waals surface area contributed by atoms with E-state index in [0.717, 1.165) is 34.5 Å². The summed E-state index contributed by atoms with van der Waals surface area (Å²) in [5, 5.41) is 11.0. The van der Waals surface area contributed by atoms with E-state index >= 15 is 0 Å². The van der Waals surface area contributed by atoms with Crippen molar-refractivity contribution in [3.05, 3.63) is 47.0 Å². The van der Waals surface area contributed by atoms with Gasteiger partial charge in [0.1, 0.15) is 11.6 Å². The molecule has 20 heavy (non-hydrogen) atoms. The summed E-state index contributed by atoms with van der Waals surface area (Å²) < 4.78 is 2.03. The summed E-state index contributed by atoms with van der Waals surface area (Å²) in [6.45, 7) is 4.66. The molecule has 0 saturated carbocycles. The molecule has 0 aliphatic heterocycles. The lowest BCUT2D eigenvalue weighted by atomic mass is 10.1. The molecule has 0 aliphatic carbocycles. The smallest absolute Gasteiger partial charge is 0.144 e. The Morgan fingerprint density at radius 3 is 2.70 bits per heavy atom. The number of benzene rings is 2. The third-order valence-corrected chi connectivity index (χ3v) is 3.82. The molecule has 0 radical (unpaired) electrons. The number of hydrogen-bond donors (Lipinski definition) is 1. The SMILES string of the molecule is CCn1c(-c2cccc(C)c2O)nc2cccc(Cl)c21. The monoisotopic (exact) mass is 286 g/mol. The molecule has 3 aromatic rings. The molecule has 1 N–H and O–H groups in total. The maximum atomic E-state index is 10.3. The van der Waals surface area contributed by atoms with Crippen LogP contribution in [0.4, 0.5) is 0 Å². The molecule has 0 spiro atoms. The standard InChI is InChI=1S/C16H15ClN2O/c1-3-19-14-12(17)8-5-9-13(14)18-16(19)11-7-4-6-10(2)15(11)20/h4-9,20H,3H2,1-2H3. The molecule has 0 amide bonds. The molecule has 3 nitrogen and oxygen atoms in total. The van der Waals surface area contributed by atoms with E-state index in [2.05, 4.69) is 4.98 Å². The minimum atomic E-state index is 0.272. The van der Waals surface area contributed by atoms with E-state index in [9.17, 15) is 5.11 Å². The van der Waals surface area contributed by atoms with Gasteiger partial charge in [-0.1, -0.05) is 29.8 Å². The number of para-hydroxylation sites is 2. The Bertz CT molecular complexity index is 793. The van der Waals surface area contributed by atoms with Crippen LogP contribution in [0.25, 0.3) is 22.4 Å². The Kier molecular flexibility index (Phi) is 3.14. The number of imidazole rings is 1. The van der Waals surface area contributed by atoms with Gasteiger partial charge in [0.15, 0.2) is 0 Å². The number of halogens is 1. The molecule has 0 atom stereocenters. The molecular weight excluding hydrogens is 272 g/mol. The molecule has 3 rings (SSSR count). The summed E-state index contributed by atoms with van der Waals surface area (Å²) in [6.07, 6.45) is 0. The number of fused-ring (bicyclic) bond motifs is 1. The van der Waals surface area contributed by atoms with Crippen LogP contribution in [-0.2, 0) is 6.54 Å². The zero-order valence-corrected chi connectivity index (χ0v) is 12.1. The molecule has 2 aromatic carbocycles. The van der Waals surface area contributed by atoms with Gasteiger partial charge in [-0.15, -0.1) is 0 Å². The highest BCUT2D eigenvalue weighted by Gasteiger charge is 2.16. The van der Waals surface area contributed by atoms with Crippen molar-refractivity contribution in [3.63, 3.8) is 0 Å². The Balaban J connectivity index is 2.37. The second-order valence-corrected chi connectivity index (χ2v) is 5.17. The number of hydrogen-bond acceptors (Lipinski definition) is 2. The second kappa shape index (κ2) is 4.84. The van der Waals surface area contributed by atoms with Crippen molar-refractivity contribution in [2.24, 2.45) is 0 Å². The van der Waals surface area contributed by atoms with Crippen molar-refractivity contribution in [2.45, 2.75) is 20.4 Å². The minimum absolute atomic E-state index is 0.272. The lowest BCUT2D eigenvalue weighted by Gasteiger charge is -2.09. The third kappa shape index (κ3) is 1.86. The Hall–Kier alpha value is -2.00. The van der Waals surface area contributed by atoms with Gasteiger partial charge in [-0.05, 0) is 37.6 Å². The van der Waals surface area contributed by atoms with Gasteiger partial charge < -0.3 is 9.67 Å². The maximum Gasteiger partial charge on any atom is 0.144 e. The van der Waals surface area contributed by atoms with Gasteiger partial charge in [0.05, 0.1) is 21.6 Å². The van der Waals surface area contributed by atoms with Crippen LogP contribution in [0.2, 0.25) is 5.02 Å². The zero-order chi connectivity index (χ0) is 14.3. The molecule has 1 aromatic heterocycles. The highest BCUT2D eigenvalue weighted by molar-refractivity contribution is 6.35. The van der Waals surface area contributed by atoms with Gasteiger partial charge in [-0.3, -0.25) is 0 Å². The van der Waals surface area contributed by atoms with Crippen molar-refractivity contribution in [1.82, 2.24) is 9.55 Å². The molecule has 0 unspecified atom stereocenters. The van der Waals surface area contributed by atoms with Crippen molar-refractivity contribution in [2.75, 3.05) is 0 Å². The first-order valence-electron chi connectivity index (χ1n) is 6.57. The number of aromatic hydroxyl groups is 1. The minimum Gasteiger partial charge on any atom is -0.507 e. The van der Waals surface area contributed by atoms with Crippen molar-refractivity contribution in [3.8, 4) is 17.1 Å². The van der Waals surface area contributed by atoms with E-state index < -0.39 is 0 Å². The van der Waals surface area contributed by atoms with E-state index in [4.69, 9.17) is 11.6 Å². The van der Waals surface area contributed by atoms with Crippen LogP contribution in [-0.4, -0.2) is 14.7 Å². The highest BCUT2D eigenvalue weighted by Crippen LogP contribution is 2.35. The van der Waals surface area contributed by atoms with Crippen molar-refractivity contribution >= 4 is 22.6 Å². The molecule has 102 valence electrons. The summed E-state index contributed by atoms with van der Waals surface area (Å²) in [5.74, 6) is 1.02. The van der Waals surface area contributed by atoms with E-state index in [-0.39, 0.29) is 5.75 Å². The van der Waals surface area contributed by atoms with Gasteiger partial charge in [0.25, 0.3) is 0 Å². The van der Waals surface area contributed by atoms with Gasteiger partial charge in [-0.25, -0.2) is 4.98 Å². The Labute approximate surface area is 122 Å². The first-order chi connectivity index (χ1) is 9.63. The molecule has 0 saturated heterocycles. The van der Waals surface area contributed by atoms with Crippen LogP contribution < -0.4 is 0 Å². The zero-order valence-electron chi connectivity index (χ0n) is 11.4. The quantitative estimate of drug-likeness (QED) is 0.759. The topological polar surface area (TPSA) is 38.0 Å². The number of phenols is 1. The molecule has 1 heterocycles. The van der Waals surface area contributed by atoms with E-state index in [1.807, 2.05) is 54.8 Å². The Morgan fingerprint density at radius 1 is 1.20 bits per heavy atom. The predicted molar refractivity (Wildman–Crippen MR) is 82.3 cm³/mol. The van der Waals surface area contributed by atoms with Gasteiger partial charge in [0, 0.05) is 6.54 Å².